The molecule has 0 aliphatic heterocycles. The number of hydrogen-bond donors (Lipinski definition) is 1. The minimum Gasteiger partial charge on any atom is -0.348 e. The van der Waals surface area contributed by atoms with Crippen LogP contribution in [0.2, 0.25) is 0 Å². The van der Waals surface area contributed by atoms with E-state index in [1.165, 1.54) is 38.5 Å². The molecule has 24 heavy (non-hydrogen) atoms. The predicted octanol–water partition coefficient (Wildman–Crippen LogP) is 5.01. The maximum atomic E-state index is 12.7. The Hall–Kier alpha value is -0.420. The van der Waals surface area contributed by atoms with Gasteiger partial charge in [-0.2, -0.15) is 0 Å². The van der Waals surface area contributed by atoms with Crippen LogP contribution in [0.15, 0.2) is 5.38 Å². The smallest absolute Gasteiger partial charge is 0.221 e. The van der Waals surface area contributed by atoms with Crippen molar-refractivity contribution in [1.82, 2.24) is 10.3 Å². The van der Waals surface area contributed by atoms with Crippen molar-refractivity contribution in [1.29, 1.82) is 0 Å². The highest BCUT2D eigenvalue weighted by atomic mass is 79.9. The van der Waals surface area contributed by atoms with Gasteiger partial charge >= 0.3 is 0 Å². The first-order valence-electron chi connectivity index (χ1n) is 9.31. The molecular formula is C19H27BrN2OS. The zero-order chi connectivity index (χ0) is 16.9. The van der Waals surface area contributed by atoms with Gasteiger partial charge in [-0.25, -0.2) is 4.98 Å². The number of aromatic nitrogens is 1. The molecule has 0 radical (unpaired) electrons. The number of nitrogens with one attached hydrogen (secondary N) is 1. The van der Waals surface area contributed by atoms with E-state index < -0.39 is 0 Å². The van der Waals surface area contributed by atoms with Gasteiger partial charge < -0.3 is 5.32 Å². The Kier molecular flexibility index (Phi) is 4.31. The molecule has 1 amide bonds. The summed E-state index contributed by atoms with van der Waals surface area (Å²) in [5, 5.41) is 6.44. The first kappa shape index (κ1) is 17.0. The van der Waals surface area contributed by atoms with Gasteiger partial charge in [-0.3, -0.25) is 4.79 Å². The Bertz CT molecular complexity index is 629. The molecule has 0 aromatic carbocycles. The lowest BCUT2D eigenvalue weighted by atomic mass is 9.48. The molecule has 5 rings (SSSR count). The lowest BCUT2D eigenvalue weighted by Gasteiger charge is -2.60. The van der Waals surface area contributed by atoms with Crippen molar-refractivity contribution >= 4 is 33.2 Å². The van der Waals surface area contributed by atoms with E-state index in [-0.39, 0.29) is 17.4 Å². The van der Waals surface area contributed by atoms with Crippen LogP contribution in [0, 0.1) is 17.3 Å². The third kappa shape index (κ3) is 3.18. The van der Waals surface area contributed by atoms with E-state index in [9.17, 15) is 4.79 Å². The van der Waals surface area contributed by atoms with Crippen molar-refractivity contribution in [3.05, 3.63) is 16.1 Å². The molecule has 1 N–H and O–H groups in total. The van der Waals surface area contributed by atoms with Gasteiger partial charge in [0.1, 0.15) is 0 Å². The van der Waals surface area contributed by atoms with E-state index in [0.717, 1.165) is 29.0 Å². The number of carbonyl (C=O) groups is 1. The van der Waals surface area contributed by atoms with Gasteiger partial charge in [0.15, 0.2) is 0 Å². The Balaban J connectivity index is 1.41. The summed E-state index contributed by atoms with van der Waals surface area (Å²) in [5.74, 6) is 1.88. The number of halogens is 1. The molecule has 1 heterocycles. The average molecular weight is 411 g/mol. The fourth-order valence-corrected chi connectivity index (χ4v) is 8.29. The Morgan fingerprint density at radius 2 is 2.12 bits per heavy atom. The average Bonchev–Trinajstić information content (AvgIpc) is 2.92. The summed E-state index contributed by atoms with van der Waals surface area (Å²) >= 11 is 5.73. The van der Waals surface area contributed by atoms with E-state index in [4.69, 9.17) is 0 Å². The van der Waals surface area contributed by atoms with Crippen molar-refractivity contribution in [3.63, 3.8) is 0 Å². The van der Waals surface area contributed by atoms with Crippen molar-refractivity contribution in [3.8, 4) is 0 Å². The summed E-state index contributed by atoms with van der Waals surface area (Å²) < 4.78 is 0.327. The van der Waals surface area contributed by atoms with E-state index in [1.807, 2.05) is 0 Å². The largest absolute Gasteiger partial charge is 0.348 e. The highest BCUT2D eigenvalue weighted by molar-refractivity contribution is 9.10. The molecular weight excluding hydrogens is 384 g/mol. The van der Waals surface area contributed by atoms with Crippen LogP contribution in [0.1, 0.15) is 75.5 Å². The van der Waals surface area contributed by atoms with Crippen LogP contribution in [0.25, 0.3) is 0 Å². The minimum absolute atomic E-state index is 0.0147. The molecule has 0 saturated heterocycles. The topological polar surface area (TPSA) is 42.0 Å². The molecule has 4 bridgehead atoms. The van der Waals surface area contributed by atoms with Gasteiger partial charge in [0.2, 0.25) is 5.91 Å². The number of alkyl halides is 1. The second-order valence-electron chi connectivity index (χ2n) is 8.60. The third-order valence-electron chi connectivity index (χ3n) is 6.34. The summed E-state index contributed by atoms with van der Waals surface area (Å²) in [7, 11) is 0. The minimum atomic E-state index is 0.0147. The Morgan fingerprint density at radius 1 is 1.42 bits per heavy atom. The number of rotatable bonds is 5. The number of amides is 1. The van der Waals surface area contributed by atoms with Gasteiger partial charge in [-0.1, -0.05) is 22.9 Å². The van der Waals surface area contributed by atoms with Gasteiger partial charge in [0.05, 0.1) is 16.7 Å². The van der Waals surface area contributed by atoms with Crippen LogP contribution >= 0.6 is 27.3 Å². The molecule has 4 aliphatic rings. The monoisotopic (exact) mass is 410 g/mol. The van der Waals surface area contributed by atoms with Crippen LogP contribution in [-0.4, -0.2) is 15.2 Å². The van der Waals surface area contributed by atoms with Crippen molar-refractivity contribution in [2.75, 3.05) is 0 Å². The molecule has 1 aromatic heterocycles. The first-order chi connectivity index (χ1) is 11.4. The maximum Gasteiger partial charge on any atom is 0.221 e. The number of nitrogens with zero attached hydrogens (tertiary/aromatic N) is 1. The quantitative estimate of drug-likeness (QED) is 0.693. The van der Waals surface area contributed by atoms with Crippen LogP contribution in [-0.2, 0) is 11.2 Å². The normalized spacial score (nSPS) is 38.3. The summed E-state index contributed by atoms with van der Waals surface area (Å²) in [6.45, 7) is 4.17. The maximum absolute atomic E-state index is 12.7. The zero-order valence-corrected chi connectivity index (χ0v) is 17.0. The fraction of sp³-hybridized carbons (Fsp3) is 0.789. The molecule has 0 spiro atoms. The van der Waals surface area contributed by atoms with E-state index >= 15 is 0 Å². The Labute approximate surface area is 157 Å². The van der Waals surface area contributed by atoms with E-state index in [2.05, 4.69) is 45.5 Å². The summed E-state index contributed by atoms with van der Waals surface area (Å²) in [6.07, 6.45) is 9.40. The predicted molar refractivity (Wildman–Crippen MR) is 101 cm³/mol. The molecule has 0 unspecified atom stereocenters. The second-order valence-corrected chi connectivity index (χ2v) is 11.2. The summed E-state index contributed by atoms with van der Waals surface area (Å²) in [6, 6.07) is 0.0147. The summed E-state index contributed by atoms with van der Waals surface area (Å²) in [4.78, 5) is 17.4. The first-order valence-corrected chi connectivity index (χ1v) is 11.0. The van der Waals surface area contributed by atoms with Gasteiger partial charge in [0, 0.05) is 16.1 Å². The SMILES string of the molecule is CCc1nc([C@H](C)NC(=O)CC23C[C@H]4C[C@@H](CC(Br)(C4)C2)C3)cs1. The lowest BCUT2D eigenvalue weighted by molar-refractivity contribution is -0.128. The molecule has 3 atom stereocenters. The lowest BCUT2D eigenvalue weighted by Crippen LogP contribution is -2.54. The summed E-state index contributed by atoms with van der Waals surface area (Å²) in [5.41, 5.74) is 1.25. The molecule has 132 valence electrons. The van der Waals surface area contributed by atoms with Crippen molar-refractivity contribution in [2.45, 2.75) is 75.6 Å². The third-order valence-corrected chi connectivity index (χ3v) is 8.28. The van der Waals surface area contributed by atoms with Crippen molar-refractivity contribution < 1.29 is 4.79 Å². The van der Waals surface area contributed by atoms with Crippen molar-refractivity contribution in [2.24, 2.45) is 17.3 Å². The molecule has 5 heteroatoms. The highest BCUT2D eigenvalue weighted by Crippen LogP contribution is 2.65. The van der Waals surface area contributed by atoms with Gasteiger partial charge in [-0.05, 0) is 69.1 Å². The van der Waals surface area contributed by atoms with Crippen LogP contribution in [0.5, 0.6) is 0 Å². The number of carbonyl (C=O) groups excluding carboxylic acids is 1. The molecule has 4 fully saturated rings. The standard InChI is InChI=1S/C19H27BrN2OS/c1-3-17-22-15(10-24-17)12(2)21-16(23)9-18-5-13-4-14(6-18)8-19(20,7-13)11-18/h10,12-14H,3-9,11H2,1-2H3,(H,21,23)/t12-,13+,14+,18?,19?/m0/s1. The number of thiazole rings is 1. The van der Waals surface area contributed by atoms with Crippen LogP contribution in [0.3, 0.4) is 0 Å². The van der Waals surface area contributed by atoms with E-state index in [1.54, 1.807) is 11.3 Å². The van der Waals surface area contributed by atoms with Gasteiger partial charge in [-0.15, -0.1) is 11.3 Å². The van der Waals surface area contributed by atoms with Crippen LogP contribution < -0.4 is 5.32 Å². The second kappa shape index (κ2) is 6.08. The Morgan fingerprint density at radius 3 is 2.71 bits per heavy atom. The number of hydrogen-bond acceptors (Lipinski definition) is 3. The highest BCUT2D eigenvalue weighted by Gasteiger charge is 2.57. The van der Waals surface area contributed by atoms with Crippen LogP contribution in [0.4, 0.5) is 0 Å². The molecule has 3 nitrogen and oxygen atoms in total. The molecule has 1 aromatic rings. The fourth-order valence-electron chi connectivity index (χ4n) is 5.94. The zero-order valence-electron chi connectivity index (χ0n) is 14.6. The number of aryl methyl sites for hydroxylation is 1. The van der Waals surface area contributed by atoms with Gasteiger partial charge in [0.25, 0.3) is 0 Å². The molecule has 4 saturated carbocycles. The molecule has 4 aliphatic carbocycles. The van der Waals surface area contributed by atoms with E-state index in [0.29, 0.717) is 10.7 Å².